The first-order valence-electron chi connectivity index (χ1n) is 7.73. The van der Waals surface area contributed by atoms with Crippen molar-refractivity contribution in [3.05, 3.63) is 0 Å². The summed E-state index contributed by atoms with van der Waals surface area (Å²) < 4.78 is 30.8. The van der Waals surface area contributed by atoms with Gasteiger partial charge < -0.3 is 10.1 Å². The van der Waals surface area contributed by atoms with Crippen molar-refractivity contribution in [2.45, 2.75) is 64.0 Å². The fourth-order valence-corrected chi connectivity index (χ4v) is 3.07. The highest BCUT2D eigenvalue weighted by atomic mass is 19.3. The predicted octanol–water partition coefficient (Wildman–Crippen LogP) is 3.02. The molecular formula is C15H26F2N2O2. The number of nitrogens with one attached hydrogen (secondary N) is 1. The number of halogens is 2. The van der Waals surface area contributed by atoms with Gasteiger partial charge in [0.15, 0.2) is 0 Å². The van der Waals surface area contributed by atoms with Crippen LogP contribution in [0.15, 0.2) is 0 Å². The van der Waals surface area contributed by atoms with E-state index in [2.05, 4.69) is 5.32 Å². The van der Waals surface area contributed by atoms with Gasteiger partial charge in [-0.15, -0.1) is 0 Å². The molecule has 1 saturated carbocycles. The molecule has 0 atom stereocenters. The zero-order chi connectivity index (χ0) is 15.7. The molecule has 1 amide bonds. The summed E-state index contributed by atoms with van der Waals surface area (Å²) in [6.07, 6.45) is 3.38. The first kappa shape index (κ1) is 16.5. The summed E-state index contributed by atoms with van der Waals surface area (Å²) in [5.41, 5.74) is -0.482. The van der Waals surface area contributed by atoms with Gasteiger partial charge in [-0.05, 0) is 52.4 Å². The molecule has 0 aromatic rings. The first-order chi connectivity index (χ1) is 9.63. The molecule has 1 saturated heterocycles. The Hall–Kier alpha value is -0.910. The lowest BCUT2D eigenvalue weighted by Gasteiger charge is -2.41. The Balaban J connectivity index is 1.63. The number of likely N-dealkylation sites (tertiary alicyclic amines) is 1. The van der Waals surface area contributed by atoms with Crippen LogP contribution in [0.2, 0.25) is 0 Å². The smallest absolute Gasteiger partial charge is 0.407 e. The molecule has 2 aliphatic rings. The van der Waals surface area contributed by atoms with Gasteiger partial charge in [-0.1, -0.05) is 0 Å². The number of alkyl carbamates (subject to hydrolysis) is 1. The fourth-order valence-electron chi connectivity index (χ4n) is 3.07. The van der Waals surface area contributed by atoms with Crippen LogP contribution < -0.4 is 5.32 Å². The number of carbonyl (C=O) groups excluding carboxylic acids is 1. The molecule has 1 heterocycles. The SMILES string of the molecule is CC(C)(C)OC(=O)NC1CCC(CN2CC(F)(F)C2)CC1. The molecule has 2 fully saturated rings. The zero-order valence-corrected chi connectivity index (χ0v) is 13.1. The predicted molar refractivity (Wildman–Crippen MR) is 76.5 cm³/mol. The lowest BCUT2D eigenvalue weighted by Crippen LogP contribution is -2.57. The normalized spacial score (nSPS) is 29.6. The van der Waals surface area contributed by atoms with Crippen LogP contribution in [0.25, 0.3) is 0 Å². The molecule has 4 nitrogen and oxygen atoms in total. The molecule has 0 aromatic carbocycles. The van der Waals surface area contributed by atoms with Gasteiger partial charge in [0.2, 0.25) is 0 Å². The van der Waals surface area contributed by atoms with Gasteiger partial charge >= 0.3 is 6.09 Å². The summed E-state index contributed by atoms with van der Waals surface area (Å²) in [4.78, 5) is 13.5. The second kappa shape index (κ2) is 6.07. The number of hydrogen-bond acceptors (Lipinski definition) is 3. The van der Waals surface area contributed by atoms with Crippen molar-refractivity contribution < 1.29 is 18.3 Å². The standard InChI is InChI=1S/C15H26F2N2O2/c1-14(2,3)21-13(20)18-12-6-4-11(5-7-12)8-19-9-15(16,17)10-19/h11-12H,4-10H2,1-3H3,(H,18,20). The Morgan fingerprint density at radius 2 is 1.81 bits per heavy atom. The minimum absolute atomic E-state index is 0.0942. The molecule has 0 aromatic heterocycles. The lowest BCUT2D eigenvalue weighted by molar-refractivity contribution is -0.135. The third kappa shape index (κ3) is 5.41. The van der Waals surface area contributed by atoms with E-state index in [9.17, 15) is 13.6 Å². The molecule has 0 unspecified atom stereocenters. The molecule has 2 rings (SSSR count). The highest BCUT2D eigenvalue weighted by Crippen LogP contribution is 2.31. The molecule has 0 spiro atoms. The number of carbonyl (C=O) groups is 1. The van der Waals surface area contributed by atoms with Crippen LogP contribution in [0, 0.1) is 5.92 Å². The first-order valence-corrected chi connectivity index (χ1v) is 7.73. The van der Waals surface area contributed by atoms with Gasteiger partial charge in [-0.25, -0.2) is 13.6 Å². The van der Waals surface area contributed by atoms with Gasteiger partial charge in [0.05, 0.1) is 13.1 Å². The van der Waals surface area contributed by atoms with Crippen LogP contribution in [0.4, 0.5) is 13.6 Å². The summed E-state index contributed by atoms with van der Waals surface area (Å²) in [7, 11) is 0. The molecule has 122 valence electrons. The number of rotatable bonds is 3. The highest BCUT2D eigenvalue weighted by Gasteiger charge is 2.44. The molecule has 21 heavy (non-hydrogen) atoms. The highest BCUT2D eigenvalue weighted by molar-refractivity contribution is 5.68. The Labute approximate surface area is 125 Å². The van der Waals surface area contributed by atoms with Gasteiger partial charge in [0.1, 0.15) is 5.60 Å². The summed E-state index contributed by atoms with van der Waals surface area (Å²) in [6.45, 7) is 6.09. The fraction of sp³-hybridized carbons (Fsp3) is 0.933. The van der Waals surface area contributed by atoms with E-state index in [1.807, 2.05) is 25.7 Å². The maximum atomic E-state index is 12.8. The molecule has 6 heteroatoms. The summed E-state index contributed by atoms with van der Waals surface area (Å²) in [5, 5.41) is 2.90. The summed E-state index contributed by atoms with van der Waals surface area (Å²) in [6, 6.07) is 0.147. The van der Waals surface area contributed by atoms with Crippen LogP contribution >= 0.6 is 0 Å². The van der Waals surface area contributed by atoms with Gasteiger partial charge in [-0.2, -0.15) is 0 Å². The number of alkyl halides is 2. The summed E-state index contributed by atoms with van der Waals surface area (Å²) >= 11 is 0. The van der Waals surface area contributed by atoms with E-state index in [0.717, 1.165) is 32.2 Å². The minimum atomic E-state index is -2.48. The van der Waals surface area contributed by atoms with Gasteiger partial charge in [-0.3, -0.25) is 4.90 Å². The maximum absolute atomic E-state index is 12.8. The van der Waals surface area contributed by atoms with Crippen molar-refractivity contribution in [2.75, 3.05) is 19.6 Å². The molecule has 1 N–H and O–H groups in total. The Morgan fingerprint density at radius 3 is 2.29 bits per heavy atom. The van der Waals surface area contributed by atoms with Crippen molar-refractivity contribution in [1.82, 2.24) is 10.2 Å². The Kier molecular flexibility index (Phi) is 4.76. The van der Waals surface area contributed by atoms with Crippen LogP contribution in [-0.2, 0) is 4.74 Å². The third-order valence-corrected chi connectivity index (χ3v) is 3.99. The second-order valence-electron chi connectivity index (χ2n) is 7.39. The number of amides is 1. The number of ether oxygens (including phenoxy) is 1. The number of nitrogens with zero attached hydrogens (tertiary/aromatic N) is 1. The molecule has 0 radical (unpaired) electrons. The van der Waals surface area contributed by atoms with Crippen LogP contribution in [0.5, 0.6) is 0 Å². The van der Waals surface area contributed by atoms with E-state index < -0.39 is 11.5 Å². The van der Waals surface area contributed by atoms with Crippen molar-refractivity contribution in [3.63, 3.8) is 0 Å². The van der Waals surface area contributed by atoms with Crippen molar-refractivity contribution in [2.24, 2.45) is 5.92 Å². The molecular weight excluding hydrogens is 278 g/mol. The van der Waals surface area contributed by atoms with Crippen LogP contribution in [0.3, 0.4) is 0 Å². The van der Waals surface area contributed by atoms with Crippen molar-refractivity contribution in [3.8, 4) is 0 Å². The van der Waals surface area contributed by atoms with E-state index in [1.165, 1.54) is 0 Å². The van der Waals surface area contributed by atoms with Crippen molar-refractivity contribution in [1.29, 1.82) is 0 Å². The Morgan fingerprint density at radius 1 is 1.24 bits per heavy atom. The maximum Gasteiger partial charge on any atom is 0.407 e. The number of hydrogen-bond donors (Lipinski definition) is 1. The van der Waals surface area contributed by atoms with E-state index in [0.29, 0.717) is 5.92 Å². The quantitative estimate of drug-likeness (QED) is 0.871. The monoisotopic (exact) mass is 304 g/mol. The van der Waals surface area contributed by atoms with Crippen LogP contribution in [0.1, 0.15) is 46.5 Å². The molecule has 1 aliphatic heterocycles. The van der Waals surface area contributed by atoms with E-state index in [1.54, 1.807) is 0 Å². The van der Waals surface area contributed by atoms with E-state index in [4.69, 9.17) is 4.74 Å². The second-order valence-corrected chi connectivity index (χ2v) is 7.39. The van der Waals surface area contributed by atoms with Gasteiger partial charge in [0.25, 0.3) is 5.92 Å². The Bertz CT molecular complexity index is 366. The minimum Gasteiger partial charge on any atom is -0.444 e. The topological polar surface area (TPSA) is 41.6 Å². The van der Waals surface area contributed by atoms with Gasteiger partial charge in [0, 0.05) is 12.6 Å². The molecule has 0 bridgehead atoms. The largest absolute Gasteiger partial charge is 0.444 e. The lowest BCUT2D eigenvalue weighted by atomic mass is 9.85. The van der Waals surface area contributed by atoms with E-state index >= 15 is 0 Å². The van der Waals surface area contributed by atoms with E-state index in [-0.39, 0.29) is 25.2 Å². The van der Waals surface area contributed by atoms with Crippen LogP contribution in [-0.4, -0.2) is 48.2 Å². The average Bonchev–Trinajstić information content (AvgIpc) is 2.26. The summed E-state index contributed by atoms with van der Waals surface area (Å²) in [5.74, 6) is -2.01. The van der Waals surface area contributed by atoms with Crippen molar-refractivity contribution >= 4 is 6.09 Å². The average molecular weight is 304 g/mol. The molecule has 1 aliphatic carbocycles. The third-order valence-electron chi connectivity index (χ3n) is 3.99. The zero-order valence-electron chi connectivity index (χ0n) is 13.1.